The first kappa shape index (κ1) is 19.8. The predicted octanol–water partition coefficient (Wildman–Crippen LogP) is 4.64. The van der Waals surface area contributed by atoms with Gasteiger partial charge in [-0.2, -0.15) is 0 Å². The topological polar surface area (TPSA) is 61.4 Å². The van der Waals surface area contributed by atoms with Crippen LogP contribution in [0.4, 0.5) is 10.5 Å². The van der Waals surface area contributed by atoms with Gasteiger partial charge in [-0.1, -0.05) is 53.0 Å². The largest absolute Gasteiger partial charge is 0.334 e. The van der Waals surface area contributed by atoms with E-state index in [-0.39, 0.29) is 12.5 Å². The molecule has 0 aliphatic carbocycles. The van der Waals surface area contributed by atoms with Crippen LogP contribution in [0.3, 0.4) is 0 Å². The van der Waals surface area contributed by atoms with Crippen LogP contribution in [0.15, 0.2) is 42.5 Å². The molecule has 3 rings (SSSR count). The van der Waals surface area contributed by atoms with Crippen molar-refractivity contribution < 1.29 is 9.59 Å². The van der Waals surface area contributed by atoms with Crippen molar-refractivity contribution >= 4 is 52.4 Å². The highest BCUT2D eigenvalue weighted by Crippen LogP contribution is 2.28. The summed E-state index contributed by atoms with van der Waals surface area (Å²) in [5.74, 6) is -0.168. The maximum absolute atomic E-state index is 12.8. The molecule has 0 saturated carbocycles. The third kappa shape index (κ3) is 4.86. The van der Waals surface area contributed by atoms with Crippen LogP contribution in [0.25, 0.3) is 0 Å². The van der Waals surface area contributed by atoms with Gasteiger partial charge in [0.05, 0.1) is 20.8 Å². The van der Waals surface area contributed by atoms with Crippen molar-refractivity contribution in [3.63, 3.8) is 0 Å². The Labute approximate surface area is 172 Å². The lowest BCUT2D eigenvalue weighted by Crippen LogP contribution is -2.54. The van der Waals surface area contributed by atoms with Crippen LogP contribution in [-0.4, -0.2) is 24.5 Å². The summed E-state index contributed by atoms with van der Waals surface area (Å²) in [5, 5.41) is 6.86. The van der Waals surface area contributed by atoms with Crippen LogP contribution in [0.2, 0.25) is 15.1 Å². The average molecular weight is 427 g/mol. The quantitative estimate of drug-likeness (QED) is 0.748. The monoisotopic (exact) mass is 425 g/mol. The standard InChI is InChI=1S/C19H18Cl3N3O2/c20-13-8-7-12(10-15(13)22)11-23-19(27)24-16-5-3-9-25(18(16)26)17-6-2-1-4-14(17)21/h1-2,4,6-8,10,16H,3,5,9,11H2,(H2,23,24,27). The maximum Gasteiger partial charge on any atom is 0.315 e. The van der Waals surface area contributed by atoms with E-state index in [9.17, 15) is 9.59 Å². The van der Waals surface area contributed by atoms with E-state index in [1.165, 1.54) is 0 Å². The van der Waals surface area contributed by atoms with Crippen LogP contribution < -0.4 is 15.5 Å². The summed E-state index contributed by atoms with van der Waals surface area (Å²) in [6.07, 6.45) is 1.36. The second-order valence-electron chi connectivity index (χ2n) is 6.21. The van der Waals surface area contributed by atoms with Crippen molar-refractivity contribution in [2.24, 2.45) is 0 Å². The number of hydrogen-bond acceptors (Lipinski definition) is 2. The number of anilines is 1. The summed E-state index contributed by atoms with van der Waals surface area (Å²) in [5.41, 5.74) is 1.47. The maximum atomic E-state index is 12.8. The second kappa shape index (κ2) is 8.83. The Morgan fingerprint density at radius 2 is 1.85 bits per heavy atom. The first-order valence-electron chi connectivity index (χ1n) is 8.50. The molecule has 2 N–H and O–H groups in total. The number of carbonyl (C=O) groups is 2. The Morgan fingerprint density at radius 1 is 1.07 bits per heavy atom. The van der Waals surface area contributed by atoms with Crippen molar-refractivity contribution in [1.29, 1.82) is 0 Å². The fraction of sp³-hybridized carbons (Fsp3) is 0.263. The van der Waals surface area contributed by atoms with E-state index in [4.69, 9.17) is 34.8 Å². The summed E-state index contributed by atoms with van der Waals surface area (Å²) in [4.78, 5) is 26.6. The van der Waals surface area contributed by atoms with Crippen LogP contribution in [0, 0.1) is 0 Å². The van der Waals surface area contributed by atoms with Crippen LogP contribution in [0.5, 0.6) is 0 Å². The van der Waals surface area contributed by atoms with Crippen molar-refractivity contribution in [3.8, 4) is 0 Å². The minimum atomic E-state index is -0.594. The molecule has 3 amide bonds. The number of rotatable bonds is 4. The minimum absolute atomic E-state index is 0.168. The minimum Gasteiger partial charge on any atom is -0.334 e. The smallest absolute Gasteiger partial charge is 0.315 e. The van der Waals surface area contributed by atoms with E-state index < -0.39 is 12.1 Å². The third-order valence-electron chi connectivity index (χ3n) is 4.32. The fourth-order valence-corrected chi connectivity index (χ4v) is 3.52. The summed E-state index contributed by atoms with van der Waals surface area (Å²) in [6.45, 7) is 0.851. The molecule has 1 aliphatic heterocycles. The van der Waals surface area contributed by atoms with Crippen LogP contribution in [-0.2, 0) is 11.3 Å². The number of para-hydroxylation sites is 1. The van der Waals surface area contributed by atoms with E-state index in [1.807, 2.05) is 12.1 Å². The summed E-state index contributed by atoms with van der Waals surface area (Å²) in [7, 11) is 0. The van der Waals surface area contributed by atoms with Gasteiger partial charge in [-0.3, -0.25) is 4.79 Å². The first-order chi connectivity index (χ1) is 13.0. The van der Waals surface area contributed by atoms with Gasteiger partial charge in [-0.15, -0.1) is 0 Å². The third-order valence-corrected chi connectivity index (χ3v) is 5.38. The molecule has 1 heterocycles. The molecule has 1 aliphatic rings. The van der Waals surface area contributed by atoms with Crippen molar-refractivity contribution in [3.05, 3.63) is 63.1 Å². The first-order valence-corrected chi connectivity index (χ1v) is 9.63. The second-order valence-corrected chi connectivity index (χ2v) is 7.43. The number of carbonyl (C=O) groups excluding carboxylic acids is 2. The number of benzene rings is 2. The van der Waals surface area contributed by atoms with E-state index in [1.54, 1.807) is 35.2 Å². The number of hydrogen-bond donors (Lipinski definition) is 2. The van der Waals surface area contributed by atoms with Gasteiger partial charge in [0.25, 0.3) is 0 Å². The molecule has 0 radical (unpaired) electrons. The Hall–Kier alpha value is -1.95. The summed E-state index contributed by atoms with van der Waals surface area (Å²) in [6, 6.07) is 11.3. The molecule has 1 saturated heterocycles. The van der Waals surface area contributed by atoms with Crippen LogP contribution in [0.1, 0.15) is 18.4 Å². The molecule has 1 fully saturated rings. The molecule has 0 spiro atoms. The zero-order valence-corrected chi connectivity index (χ0v) is 16.6. The molecule has 0 aromatic heterocycles. The number of halogens is 3. The van der Waals surface area contributed by atoms with Gasteiger partial charge in [-0.25, -0.2) is 4.79 Å². The van der Waals surface area contributed by atoms with Crippen LogP contribution >= 0.6 is 34.8 Å². The molecule has 27 heavy (non-hydrogen) atoms. The van der Waals surface area contributed by atoms with Gasteiger partial charge < -0.3 is 15.5 Å². The molecule has 2 aromatic rings. The molecule has 1 atom stereocenters. The summed E-state index contributed by atoms with van der Waals surface area (Å²) >= 11 is 18.1. The molecular formula is C19H18Cl3N3O2. The van der Waals surface area contributed by atoms with E-state index >= 15 is 0 Å². The molecule has 8 heteroatoms. The predicted molar refractivity (Wildman–Crippen MR) is 109 cm³/mol. The molecule has 2 aromatic carbocycles. The van der Waals surface area contributed by atoms with Gasteiger partial charge in [0.1, 0.15) is 6.04 Å². The zero-order valence-electron chi connectivity index (χ0n) is 14.3. The van der Waals surface area contributed by atoms with Crippen molar-refractivity contribution in [1.82, 2.24) is 10.6 Å². The number of nitrogens with zero attached hydrogens (tertiary/aromatic N) is 1. The van der Waals surface area contributed by atoms with Crippen molar-refractivity contribution in [2.75, 3.05) is 11.4 Å². The Kier molecular flexibility index (Phi) is 6.47. The lowest BCUT2D eigenvalue weighted by atomic mass is 10.0. The number of amides is 3. The average Bonchev–Trinajstić information content (AvgIpc) is 2.65. The van der Waals surface area contributed by atoms with E-state index in [2.05, 4.69) is 10.6 Å². The lowest BCUT2D eigenvalue weighted by molar-refractivity contribution is -0.121. The van der Waals surface area contributed by atoms with Gasteiger partial charge in [-0.05, 0) is 42.7 Å². The molecule has 5 nitrogen and oxygen atoms in total. The van der Waals surface area contributed by atoms with E-state index in [0.717, 1.165) is 12.0 Å². The van der Waals surface area contributed by atoms with E-state index in [0.29, 0.717) is 33.7 Å². The number of urea groups is 1. The van der Waals surface area contributed by atoms with Gasteiger partial charge in [0.15, 0.2) is 0 Å². The lowest BCUT2D eigenvalue weighted by Gasteiger charge is -2.33. The molecule has 142 valence electrons. The molecule has 1 unspecified atom stereocenters. The molecule has 0 bridgehead atoms. The highest BCUT2D eigenvalue weighted by atomic mass is 35.5. The van der Waals surface area contributed by atoms with Gasteiger partial charge >= 0.3 is 6.03 Å². The number of piperidine rings is 1. The number of nitrogens with one attached hydrogen (secondary N) is 2. The Balaban J connectivity index is 1.59. The Bertz CT molecular complexity index is 860. The zero-order chi connectivity index (χ0) is 19.4. The summed E-state index contributed by atoms with van der Waals surface area (Å²) < 4.78 is 0. The van der Waals surface area contributed by atoms with Gasteiger partial charge in [0.2, 0.25) is 5.91 Å². The fourth-order valence-electron chi connectivity index (χ4n) is 2.96. The normalized spacial score (nSPS) is 16.9. The Morgan fingerprint density at radius 3 is 2.59 bits per heavy atom. The van der Waals surface area contributed by atoms with Gasteiger partial charge in [0, 0.05) is 13.1 Å². The highest BCUT2D eigenvalue weighted by molar-refractivity contribution is 6.42. The molecular weight excluding hydrogens is 409 g/mol. The van der Waals surface area contributed by atoms with Crippen molar-refractivity contribution in [2.45, 2.75) is 25.4 Å². The SMILES string of the molecule is O=C(NCc1ccc(Cl)c(Cl)c1)NC1CCCN(c2ccccc2Cl)C1=O. The highest BCUT2D eigenvalue weighted by Gasteiger charge is 2.31.